The van der Waals surface area contributed by atoms with Crippen LogP contribution in [0.1, 0.15) is 49.3 Å². The van der Waals surface area contributed by atoms with Crippen LogP contribution in [0.15, 0.2) is 0 Å². The molecular formula is C13H22N4O. The number of amides is 1. The highest BCUT2D eigenvalue weighted by molar-refractivity contribution is 5.97. The summed E-state index contributed by atoms with van der Waals surface area (Å²) < 4.78 is 0. The van der Waals surface area contributed by atoms with Crippen molar-refractivity contribution in [1.82, 2.24) is 15.1 Å². The number of carbonyl (C=O) groups excluding carboxylic acids is 1. The Kier molecular flexibility index (Phi) is 3.89. The fourth-order valence-corrected chi connectivity index (χ4v) is 2.13. The van der Waals surface area contributed by atoms with Crippen molar-refractivity contribution in [3.63, 3.8) is 0 Å². The molecule has 1 amide bonds. The molecule has 0 unspecified atom stereocenters. The van der Waals surface area contributed by atoms with Crippen LogP contribution in [0.4, 0.5) is 5.69 Å². The summed E-state index contributed by atoms with van der Waals surface area (Å²) in [5.41, 5.74) is 7.71. The number of hydrogen-bond donors (Lipinski definition) is 2. The summed E-state index contributed by atoms with van der Waals surface area (Å²) in [5, 5.41) is 6.92. The average molecular weight is 250 g/mol. The third-order valence-electron chi connectivity index (χ3n) is 3.40. The van der Waals surface area contributed by atoms with E-state index in [9.17, 15) is 4.79 Å². The van der Waals surface area contributed by atoms with Crippen LogP contribution < -0.4 is 5.73 Å². The summed E-state index contributed by atoms with van der Waals surface area (Å²) in [6.45, 7) is 5.70. The Morgan fingerprint density at radius 2 is 2.22 bits per heavy atom. The quantitative estimate of drug-likeness (QED) is 0.808. The van der Waals surface area contributed by atoms with E-state index in [-0.39, 0.29) is 5.91 Å². The van der Waals surface area contributed by atoms with Crippen molar-refractivity contribution in [3.05, 3.63) is 11.4 Å². The number of nitrogens with zero attached hydrogens (tertiary/aromatic N) is 2. The molecule has 0 aromatic carbocycles. The molecule has 1 aliphatic carbocycles. The summed E-state index contributed by atoms with van der Waals surface area (Å²) in [5.74, 6) is 0.656. The number of nitrogens with two attached hydrogens (primary N) is 1. The maximum Gasteiger partial charge on any atom is 0.276 e. The van der Waals surface area contributed by atoms with Crippen LogP contribution in [0.5, 0.6) is 0 Å². The highest BCUT2D eigenvalue weighted by Gasteiger charge is 2.29. The van der Waals surface area contributed by atoms with Crippen LogP contribution in [0.2, 0.25) is 0 Å². The van der Waals surface area contributed by atoms with Crippen LogP contribution in [0, 0.1) is 5.92 Å². The molecule has 1 aliphatic rings. The van der Waals surface area contributed by atoms with Gasteiger partial charge in [-0.05, 0) is 31.6 Å². The first-order valence-electron chi connectivity index (χ1n) is 6.79. The van der Waals surface area contributed by atoms with E-state index in [2.05, 4.69) is 17.1 Å². The van der Waals surface area contributed by atoms with E-state index in [0.717, 1.165) is 31.6 Å². The van der Waals surface area contributed by atoms with Gasteiger partial charge in [-0.1, -0.05) is 13.8 Å². The van der Waals surface area contributed by atoms with Gasteiger partial charge in [0.15, 0.2) is 5.69 Å². The van der Waals surface area contributed by atoms with Crippen molar-refractivity contribution in [2.45, 2.75) is 39.5 Å². The number of aromatic nitrogens is 2. The maximum atomic E-state index is 12.4. The Balaban J connectivity index is 2.12. The molecule has 3 N–H and O–H groups in total. The zero-order chi connectivity index (χ0) is 13.1. The Hall–Kier alpha value is -1.52. The normalized spacial score (nSPS) is 14.8. The summed E-state index contributed by atoms with van der Waals surface area (Å²) in [7, 11) is 0. The van der Waals surface area contributed by atoms with Crippen molar-refractivity contribution < 1.29 is 4.79 Å². The fourth-order valence-electron chi connectivity index (χ4n) is 2.13. The first-order valence-corrected chi connectivity index (χ1v) is 6.79. The van der Waals surface area contributed by atoms with Gasteiger partial charge in [-0.2, -0.15) is 5.10 Å². The van der Waals surface area contributed by atoms with Gasteiger partial charge in [0, 0.05) is 13.1 Å². The lowest BCUT2D eigenvalue weighted by Crippen LogP contribution is -2.34. The minimum atomic E-state index is -0.0304. The minimum absolute atomic E-state index is 0.0304. The molecule has 0 aliphatic heterocycles. The van der Waals surface area contributed by atoms with E-state index in [0.29, 0.717) is 17.3 Å². The van der Waals surface area contributed by atoms with E-state index in [1.807, 2.05) is 11.8 Å². The van der Waals surface area contributed by atoms with E-state index in [1.54, 1.807) is 0 Å². The van der Waals surface area contributed by atoms with E-state index in [4.69, 9.17) is 5.73 Å². The zero-order valence-corrected chi connectivity index (χ0v) is 11.2. The van der Waals surface area contributed by atoms with Gasteiger partial charge in [0.1, 0.15) is 0 Å². The van der Waals surface area contributed by atoms with Gasteiger partial charge in [-0.3, -0.25) is 9.89 Å². The largest absolute Gasteiger partial charge is 0.395 e. The molecule has 1 heterocycles. The van der Waals surface area contributed by atoms with Gasteiger partial charge >= 0.3 is 0 Å². The molecule has 18 heavy (non-hydrogen) atoms. The molecule has 5 heteroatoms. The third-order valence-corrected chi connectivity index (χ3v) is 3.40. The molecule has 0 saturated heterocycles. The number of hydrogen-bond acceptors (Lipinski definition) is 3. The van der Waals surface area contributed by atoms with Crippen molar-refractivity contribution >= 4 is 11.6 Å². The lowest BCUT2D eigenvalue weighted by Gasteiger charge is -2.21. The Bertz CT molecular complexity index is 423. The topological polar surface area (TPSA) is 75.0 Å². The Morgan fingerprint density at radius 3 is 2.72 bits per heavy atom. The van der Waals surface area contributed by atoms with Gasteiger partial charge in [0.05, 0.1) is 11.4 Å². The monoisotopic (exact) mass is 250 g/mol. The average Bonchev–Trinajstić information content (AvgIpc) is 3.10. The van der Waals surface area contributed by atoms with Gasteiger partial charge in [0.2, 0.25) is 0 Å². The van der Waals surface area contributed by atoms with E-state index >= 15 is 0 Å². The number of carbonyl (C=O) groups is 1. The van der Waals surface area contributed by atoms with Gasteiger partial charge < -0.3 is 10.6 Å². The van der Waals surface area contributed by atoms with Gasteiger partial charge in [0.25, 0.3) is 5.91 Å². The number of aromatic amines is 1. The maximum absolute atomic E-state index is 12.4. The lowest BCUT2D eigenvalue weighted by molar-refractivity contribution is 0.0743. The number of H-pyrrole nitrogens is 1. The lowest BCUT2D eigenvalue weighted by atomic mass is 10.2. The summed E-state index contributed by atoms with van der Waals surface area (Å²) >= 11 is 0. The Labute approximate surface area is 108 Å². The number of nitrogen functional groups attached to an aromatic ring is 1. The molecule has 0 atom stereocenters. The molecule has 1 aromatic rings. The second-order valence-corrected chi connectivity index (χ2v) is 5.01. The van der Waals surface area contributed by atoms with Crippen LogP contribution in [0.25, 0.3) is 0 Å². The fraction of sp³-hybridized carbons (Fsp3) is 0.692. The summed E-state index contributed by atoms with van der Waals surface area (Å²) in [6.07, 6.45) is 4.21. The first kappa shape index (κ1) is 12.9. The smallest absolute Gasteiger partial charge is 0.276 e. The minimum Gasteiger partial charge on any atom is -0.395 e. The molecule has 0 radical (unpaired) electrons. The first-order chi connectivity index (χ1) is 8.67. The van der Waals surface area contributed by atoms with Crippen LogP contribution >= 0.6 is 0 Å². The highest BCUT2D eigenvalue weighted by Crippen LogP contribution is 2.30. The zero-order valence-electron chi connectivity index (χ0n) is 11.2. The standard InChI is InChI=1S/C13H22N4O/c1-3-7-17(8-9-5-6-9)13(18)12-11(14)10(4-2)15-16-12/h9H,3-8,14H2,1-2H3,(H,15,16). The van der Waals surface area contributed by atoms with E-state index < -0.39 is 0 Å². The summed E-state index contributed by atoms with van der Waals surface area (Å²) in [6, 6.07) is 0. The third kappa shape index (κ3) is 2.66. The molecular weight excluding hydrogens is 228 g/mol. The van der Waals surface area contributed by atoms with Crippen LogP contribution in [0.3, 0.4) is 0 Å². The molecule has 1 aromatic heterocycles. The van der Waals surface area contributed by atoms with Crippen molar-refractivity contribution in [1.29, 1.82) is 0 Å². The van der Waals surface area contributed by atoms with Crippen molar-refractivity contribution in [2.75, 3.05) is 18.8 Å². The van der Waals surface area contributed by atoms with Gasteiger partial charge in [-0.15, -0.1) is 0 Å². The number of aryl methyl sites for hydroxylation is 1. The number of nitrogens with one attached hydrogen (secondary N) is 1. The molecule has 2 rings (SSSR count). The van der Waals surface area contributed by atoms with Crippen LogP contribution in [-0.4, -0.2) is 34.1 Å². The molecule has 100 valence electrons. The molecule has 0 spiro atoms. The molecule has 5 nitrogen and oxygen atoms in total. The molecule has 1 saturated carbocycles. The Morgan fingerprint density at radius 1 is 1.50 bits per heavy atom. The molecule has 1 fully saturated rings. The summed E-state index contributed by atoms with van der Waals surface area (Å²) in [4.78, 5) is 14.3. The second-order valence-electron chi connectivity index (χ2n) is 5.01. The van der Waals surface area contributed by atoms with Crippen molar-refractivity contribution in [2.24, 2.45) is 5.92 Å². The van der Waals surface area contributed by atoms with E-state index in [1.165, 1.54) is 12.8 Å². The number of rotatable bonds is 6. The predicted molar refractivity (Wildman–Crippen MR) is 71.3 cm³/mol. The van der Waals surface area contributed by atoms with Gasteiger partial charge in [-0.25, -0.2) is 0 Å². The second kappa shape index (κ2) is 5.42. The predicted octanol–water partition coefficient (Wildman–Crippen LogP) is 1.82. The SMILES string of the molecule is CCCN(CC1CC1)C(=O)c1n[nH]c(CC)c1N. The number of anilines is 1. The van der Waals surface area contributed by atoms with Crippen molar-refractivity contribution in [3.8, 4) is 0 Å². The highest BCUT2D eigenvalue weighted by atomic mass is 16.2. The van der Waals surface area contributed by atoms with Crippen LogP contribution in [-0.2, 0) is 6.42 Å². The molecule has 0 bridgehead atoms.